The average Bonchev–Trinajstić information content (AvgIpc) is 2.68. The van der Waals surface area contributed by atoms with Gasteiger partial charge in [-0.05, 0) is 12.5 Å². The van der Waals surface area contributed by atoms with Crippen molar-refractivity contribution in [2.45, 2.75) is 19.9 Å². The molecule has 0 spiro atoms. The highest BCUT2D eigenvalue weighted by Gasteiger charge is 2.22. The molecule has 0 radical (unpaired) electrons. The SMILES string of the molecule is Cc1cccc(/C=N/Nc2nc3c(c(N4CCOCC4)n2)CNCC3)c1. The van der Waals surface area contributed by atoms with E-state index >= 15 is 0 Å². The fourth-order valence-electron chi connectivity index (χ4n) is 3.33. The van der Waals surface area contributed by atoms with Gasteiger partial charge in [-0.25, -0.2) is 10.4 Å². The van der Waals surface area contributed by atoms with Crippen LogP contribution in [0.2, 0.25) is 0 Å². The van der Waals surface area contributed by atoms with Gasteiger partial charge in [0.1, 0.15) is 5.82 Å². The van der Waals surface area contributed by atoms with Crippen LogP contribution < -0.4 is 15.6 Å². The molecule has 0 amide bonds. The molecule has 2 aliphatic rings. The summed E-state index contributed by atoms with van der Waals surface area (Å²) in [5.41, 5.74) is 7.58. The Hall–Kier alpha value is -2.51. The minimum atomic E-state index is 0.552. The Morgan fingerprint density at radius 3 is 3.00 bits per heavy atom. The first-order chi connectivity index (χ1) is 12.8. The standard InChI is InChI=1S/C19H24N6O/c1-14-3-2-4-15(11-14)12-21-24-19-22-17-5-6-20-13-16(17)18(23-19)25-7-9-26-10-8-25/h2-4,11-12,20H,5-10,13H2,1H3,(H,22,23,24)/b21-12+. The Morgan fingerprint density at radius 2 is 2.15 bits per heavy atom. The van der Waals surface area contributed by atoms with Crippen molar-refractivity contribution < 1.29 is 4.74 Å². The molecule has 136 valence electrons. The Labute approximate surface area is 153 Å². The average molecular weight is 352 g/mol. The van der Waals surface area contributed by atoms with E-state index in [-0.39, 0.29) is 0 Å². The number of benzene rings is 1. The molecule has 26 heavy (non-hydrogen) atoms. The lowest BCUT2D eigenvalue weighted by atomic mass is 10.1. The third-order valence-corrected chi connectivity index (χ3v) is 4.64. The number of hydrogen-bond acceptors (Lipinski definition) is 7. The van der Waals surface area contributed by atoms with Gasteiger partial charge in [-0.1, -0.05) is 29.8 Å². The molecular formula is C19H24N6O. The molecule has 2 aromatic rings. The van der Waals surface area contributed by atoms with Crippen LogP contribution in [0, 0.1) is 6.92 Å². The Morgan fingerprint density at radius 1 is 1.27 bits per heavy atom. The second kappa shape index (κ2) is 7.80. The van der Waals surface area contributed by atoms with Crippen molar-refractivity contribution in [1.29, 1.82) is 0 Å². The second-order valence-corrected chi connectivity index (χ2v) is 6.61. The van der Waals surface area contributed by atoms with Crippen LogP contribution in [0.3, 0.4) is 0 Å². The fourth-order valence-corrected chi connectivity index (χ4v) is 3.33. The summed E-state index contributed by atoms with van der Waals surface area (Å²) in [6.45, 7) is 7.01. The Balaban J connectivity index is 1.57. The van der Waals surface area contributed by atoms with Crippen molar-refractivity contribution in [3.05, 3.63) is 46.6 Å². The molecule has 3 heterocycles. The first kappa shape index (κ1) is 16.9. The lowest BCUT2D eigenvalue weighted by molar-refractivity contribution is 0.122. The predicted molar refractivity (Wildman–Crippen MR) is 103 cm³/mol. The molecule has 2 aliphatic heterocycles. The van der Waals surface area contributed by atoms with Crippen LogP contribution in [-0.4, -0.2) is 49.0 Å². The number of fused-ring (bicyclic) bond motifs is 1. The highest BCUT2D eigenvalue weighted by molar-refractivity contribution is 5.80. The third-order valence-electron chi connectivity index (χ3n) is 4.64. The van der Waals surface area contributed by atoms with Gasteiger partial charge >= 0.3 is 0 Å². The number of hydrogen-bond donors (Lipinski definition) is 2. The van der Waals surface area contributed by atoms with E-state index in [1.807, 2.05) is 12.1 Å². The number of rotatable bonds is 4. The number of aryl methyl sites for hydroxylation is 1. The van der Waals surface area contributed by atoms with Crippen molar-refractivity contribution in [2.75, 3.05) is 43.2 Å². The molecule has 0 unspecified atom stereocenters. The number of nitrogens with one attached hydrogen (secondary N) is 2. The van der Waals surface area contributed by atoms with E-state index in [1.54, 1.807) is 6.21 Å². The Kier molecular flexibility index (Phi) is 5.08. The maximum absolute atomic E-state index is 5.48. The lowest BCUT2D eigenvalue weighted by Gasteiger charge is -2.31. The number of morpholine rings is 1. The van der Waals surface area contributed by atoms with Gasteiger partial charge in [-0.3, -0.25) is 0 Å². The van der Waals surface area contributed by atoms with Crippen LogP contribution in [0.25, 0.3) is 0 Å². The van der Waals surface area contributed by atoms with Crippen molar-refractivity contribution in [2.24, 2.45) is 5.10 Å². The molecule has 0 bridgehead atoms. The fraction of sp³-hybridized carbons (Fsp3) is 0.421. The number of nitrogens with zero attached hydrogens (tertiary/aromatic N) is 4. The zero-order valence-electron chi connectivity index (χ0n) is 15.0. The first-order valence-electron chi connectivity index (χ1n) is 9.08. The minimum Gasteiger partial charge on any atom is -0.378 e. The van der Waals surface area contributed by atoms with Gasteiger partial charge in [0.25, 0.3) is 0 Å². The van der Waals surface area contributed by atoms with E-state index < -0.39 is 0 Å². The molecule has 0 saturated carbocycles. The molecule has 7 nitrogen and oxygen atoms in total. The Bertz CT molecular complexity index is 801. The van der Waals surface area contributed by atoms with E-state index in [2.05, 4.69) is 44.8 Å². The van der Waals surface area contributed by atoms with Crippen molar-refractivity contribution >= 4 is 18.0 Å². The van der Waals surface area contributed by atoms with E-state index in [0.717, 1.165) is 62.9 Å². The molecule has 0 atom stereocenters. The normalized spacial score (nSPS) is 17.3. The van der Waals surface area contributed by atoms with Crippen LogP contribution in [-0.2, 0) is 17.7 Å². The molecule has 7 heteroatoms. The number of aromatic nitrogens is 2. The molecule has 4 rings (SSSR count). The van der Waals surface area contributed by atoms with E-state index in [0.29, 0.717) is 5.95 Å². The number of hydrazone groups is 1. The summed E-state index contributed by atoms with van der Waals surface area (Å²) in [6, 6.07) is 8.20. The molecule has 1 aromatic carbocycles. The van der Waals surface area contributed by atoms with Gasteiger partial charge in [-0.2, -0.15) is 10.1 Å². The molecule has 1 saturated heterocycles. The van der Waals surface area contributed by atoms with Crippen molar-refractivity contribution in [3.63, 3.8) is 0 Å². The molecule has 1 aromatic heterocycles. The zero-order chi connectivity index (χ0) is 17.8. The van der Waals surface area contributed by atoms with Crippen LogP contribution in [0.15, 0.2) is 29.4 Å². The molecule has 2 N–H and O–H groups in total. The van der Waals surface area contributed by atoms with Gasteiger partial charge in [0.15, 0.2) is 0 Å². The van der Waals surface area contributed by atoms with Gasteiger partial charge in [0, 0.05) is 38.2 Å². The van der Waals surface area contributed by atoms with Gasteiger partial charge in [0.2, 0.25) is 5.95 Å². The summed E-state index contributed by atoms with van der Waals surface area (Å²) in [5.74, 6) is 1.55. The number of ether oxygens (including phenoxy) is 1. The van der Waals surface area contributed by atoms with Crippen molar-refractivity contribution in [1.82, 2.24) is 15.3 Å². The summed E-state index contributed by atoms with van der Waals surface area (Å²) in [5, 5.41) is 7.75. The van der Waals surface area contributed by atoms with Gasteiger partial charge in [0.05, 0.1) is 25.1 Å². The third kappa shape index (κ3) is 3.84. The van der Waals surface area contributed by atoms with Crippen LogP contribution in [0.5, 0.6) is 0 Å². The first-order valence-corrected chi connectivity index (χ1v) is 9.08. The van der Waals surface area contributed by atoms with Crippen LogP contribution in [0.4, 0.5) is 11.8 Å². The monoisotopic (exact) mass is 352 g/mol. The van der Waals surface area contributed by atoms with Crippen LogP contribution >= 0.6 is 0 Å². The van der Waals surface area contributed by atoms with Gasteiger partial charge < -0.3 is 15.0 Å². The van der Waals surface area contributed by atoms with Crippen molar-refractivity contribution in [3.8, 4) is 0 Å². The van der Waals surface area contributed by atoms with Crippen LogP contribution in [0.1, 0.15) is 22.4 Å². The summed E-state index contributed by atoms with van der Waals surface area (Å²) in [4.78, 5) is 11.7. The predicted octanol–water partition coefficient (Wildman–Crippen LogP) is 1.71. The quantitative estimate of drug-likeness (QED) is 0.645. The van der Waals surface area contributed by atoms with E-state index in [9.17, 15) is 0 Å². The zero-order valence-corrected chi connectivity index (χ0v) is 15.0. The largest absolute Gasteiger partial charge is 0.378 e. The highest BCUT2D eigenvalue weighted by atomic mass is 16.5. The van der Waals surface area contributed by atoms with E-state index in [4.69, 9.17) is 9.72 Å². The topological polar surface area (TPSA) is 74.7 Å². The number of anilines is 2. The minimum absolute atomic E-state index is 0.552. The van der Waals surface area contributed by atoms with E-state index in [1.165, 1.54) is 11.1 Å². The lowest BCUT2D eigenvalue weighted by Crippen LogP contribution is -2.39. The molecule has 1 fully saturated rings. The summed E-state index contributed by atoms with van der Waals surface area (Å²) < 4.78 is 5.48. The maximum atomic E-state index is 5.48. The molecule has 0 aliphatic carbocycles. The smallest absolute Gasteiger partial charge is 0.245 e. The summed E-state index contributed by atoms with van der Waals surface area (Å²) in [6.07, 6.45) is 2.71. The van der Waals surface area contributed by atoms with Gasteiger partial charge in [-0.15, -0.1) is 0 Å². The highest BCUT2D eigenvalue weighted by Crippen LogP contribution is 2.25. The summed E-state index contributed by atoms with van der Waals surface area (Å²) >= 11 is 0. The summed E-state index contributed by atoms with van der Waals surface area (Å²) in [7, 11) is 0. The second-order valence-electron chi connectivity index (χ2n) is 6.61. The maximum Gasteiger partial charge on any atom is 0.245 e. The molecular weight excluding hydrogens is 328 g/mol.